The molecule has 1 aromatic heterocycles. The van der Waals surface area contributed by atoms with Crippen LogP contribution in [0.1, 0.15) is 24.2 Å². The summed E-state index contributed by atoms with van der Waals surface area (Å²) in [5.41, 5.74) is 0.718. The molecule has 18 heavy (non-hydrogen) atoms. The van der Waals surface area contributed by atoms with Gasteiger partial charge >= 0.3 is 5.97 Å². The Labute approximate surface area is 106 Å². The second-order valence-electron chi connectivity index (χ2n) is 3.81. The Hall–Kier alpha value is -1.69. The fourth-order valence-corrected chi connectivity index (χ4v) is 1.51. The Kier molecular flexibility index (Phi) is 6.07. The van der Waals surface area contributed by atoms with Crippen molar-refractivity contribution in [3.63, 3.8) is 0 Å². The van der Waals surface area contributed by atoms with E-state index in [0.717, 1.165) is 12.0 Å². The second-order valence-corrected chi connectivity index (χ2v) is 3.81. The molecule has 0 aromatic carbocycles. The van der Waals surface area contributed by atoms with Crippen molar-refractivity contribution >= 4 is 5.97 Å². The van der Waals surface area contributed by atoms with Gasteiger partial charge in [-0.05, 0) is 12.8 Å². The van der Waals surface area contributed by atoms with E-state index in [1.807, 2.05) is 0 Å². The van der Waals surface area contributed by atoms with E-state index in [0.29, 0.717) is 31.2 Å². The molecular weight excluding hydrogens is 236 g/mol. The monoisotopic (exact) mass is 254 g/mol. The summed E-state index contributed by atoms with van der Waals surface area (Å²) < 4.78 is 10.1. The Morgan fingerprint density at radius 3 is 2.78 bits per heavy atom. The maximum atomic E-state index is 10.5. The van der Waals surface area contributed by atoms with Gasteiger partial charge in [-0.3, -0.25) is 4.79 Å². The molecule has 0 saturated carbocycles. The van der Waals surface area contributed by atoms with Crippen molar-refractivity contribution in [1.29, 1.82) is 0 Å². The van der Waals surface area contributed by atoms with Crippen molar-refractivity contribution < 1.29 is 19.4 Å². The molecule has 6 heteroatoms. The van der Waals surface area contributed by atoms with Gasteiger partial charge in [0, 0.05) is 38.3 Å². The number of aromatic nitrogens is 2. The lowest BCUT2D eigenvalue weighted by molar-refractivity contribution is -0.136. The van der Waals surface area contributed by atoms with E-state index in [-0.39, 0.29) is 6.42 Å². The van der Waals surface area contributed by atoms with Crippen LogP contribution in [0.5, 0.6) is 5.88 Å². The molecule has 0 spiro atoms. The molecule has 0 unspecified atom stereocenters. The lowest BCUT2D eigenvalue weighted by atomic mass is 10.2. The normalized spacial score (nSPS) is 10.3. The second kappa shape index (κ2) is 7.60. The number of aliphatic carboxylic acids is 1. The van der Waals surface area contributed by atoms with E-state index in [1.54, 1.807) is 13.3 Å². The number of ether oxygens (including phenoxy) is 2. The molecule has 6 nitrogen and oxygen atoms in total. The minimum Gasteiger partial charge on any atom is -0.481 e. The van der Waals surface area contributed by atoms with Crippen molar-refractivity contribution in [2.45, 2.75) is 25.7 Å². The number of aryl methyl sites for hydroxylation is 2. The average molecular weight is 254 g/mol. The van der Waals surface area contributed by atoms with Crippen molar-refractivity contribution in [1.82, 2.24) is 9.97 Å². The van der Waals surface area contributed by atoms with Crippen LogP contribution >= 0.6 is 0 Å². The van der Waals surface area contributed by atoms with Gasteiger partial charge in [0.2, 0.25) is 5.88 Å². The molecule has 0 aliphatic carbocycles. The highest BCUT2D eigenvalue weighted by Crippen LogP contribution is 2.16. The zero-order valence-electron chi connectivity index (χ0n) is 10.7. The van der Waals surface area contributed by atoms with Gasteiger partial charge in [-0.15, -0.1) is 0 Å². The van der Waals surface area contributed by atoms with E-state index in [4.69, 9.17) is 14.6 Å². The van der Waals surface area contributed by atoms with Gasteiger partial charge in [-0.1, -0.05) is 0 Å². The van der Waals surface area contributed by atoms with Gasteiger partial charge in [-0.2, -0.15) is 4.98 Å². The first-order valence-electron chi connectivity index (χ1n) is 5.77. The van der Waals surface area contributed by atoms with Gasteiger partial charge in [0.25, 0.3) is 0 Å². The summed E-state index contributed by atoms with van der Waals surface area (Å²) in [6.45, 7) is 0.659. The van der Waals surface area contributed by atoms with Crippen molar-refractivity contribution in [2.24, 2.45) is 0 Å². The molecule has 0 aliphatic rings. The Morgan fingerprint density at radius 2 is 2.17 bits per heavy atom. The van der Waals surface area contributed by atoms with Crippen LogP contribution in [0.25, 0.3) is 0 Å². The topological polar surface area (TPSA) is 81.5 Å². The highest BCUT2D eigenvalue weighted by molar-refractivity contribution is 5.67. The minimum absolute atomic E-state index is 0.0444. The number of methoxy groups -OCH3 is 2. The smallest absolute Gasteiger partial charge is 0.303 e. The summed E-state index contributed by atoms with van der Waals surface area (Å²) in [6.07, 6.45) is 3.61. The first kappa shape index (κ1) is 14.4. The predicted octanol–water partition coefficient (Wildman–Crippen LogP) is 1.08. The number of hydrogen-bond acceptors (Lipinski definition) is 5. The lowest BCUT2D eigenvalue weighted by Crippen LogP contribution is -2.05. The van der Waals surface area contributed by atoms with Gasteiger partial charge in [0.1, 0.15) is 5.82 Å². The SMILES string of the molecule is COCCCc1ncc(CCC(=O)O)c(OC)n1. The van der Waals surface area contributed by atoms with Gasteiger partial charge in [0.15, 0.2) is 0 Å². The van der Waals surface area contributed by atoms with Crippen LogP contribution in [-0.2, 0) is 22.4 Å². The maximum absolute atomic E-state index is 10.5. The molecular formula is C12H18N2O4. The third-order valence-electron chi connectivity index (χ3n) is 2.43. The summed E-state index contributed by atoms with van der Waals surface area (Å²) in [7, 11) is 3.17. The fourth-order valence-electron chi connectivity index (χ4n) is 1.51. The zero-order chi connectivity index (χ0) is 13.4. The number of carbonyl (C=O) groups is 1. The molecule has 1 rings (SSSR count). The Balaban J connectivity index is 2.67. The van der Waals surface area contributed by atoms with E-state index in [9.17, 15) is 4.79 Å². The number of hydrogen-bond donors (Lipinski definition) is 1. The van der Waals surface area contributed by atoms with Crippen LogP contribution in [-0.4, -0.2) is 41.9 Å². The van der Waals surface area contributed by atoms with Crippen molar-refractivity contribution in [3.8, 4) is 5.88 Å². The van der Waals surface area contributed by atoms with Crippen molar-refractivity contribution in [2.75, 3.05) is 20.8 Å². The van der Waals surface area contributed by atoms with Gasteiger partial charge in [-0.25, -0.2) is 4.98 Å². The largest absolute Gasteiger partial charge is 0.481 e. The third-order valence-corrected chi connectivity index (χ3v) is 2.43. The van der Waals surface area contributed by atoms with Gasteiger partial charge < -0.3 is 14.6 Å². The van der Waals surface area contributed by atoms with Crippen LogP contribution in [0.3, 0.4) is 0 Å². The van der Waals surface area contributed by atoms with Crippen LogP contribution in [0.15, 0.2) is 6.20 Å². The molecule has 0 bridgehead atoms. The molecule has 0 atom stereocenters. The molecule has 0 fully saturated rings. The maximum Gasteiger partial charge on any atom is 0.303 e. The lowest BCUT2D eigenvalue weighted by Gasteiger charge is -2.07. The number of rotatable bonds is 8. The predicted molar refractivity (Wildman–Crippen MR) is 64.7 cm³/mol. The van der Waals surface area contributed by atoms with Crippen LogP contribution < -0.4 is 4.74 Å². The molecule has 0 radical (unpaired) electrons. The van der Waals surface area contributed by atoms with Crippen LogP contribution in [0.2, 0.25) is 0 Å². The molecule has 0 saturated heterocycles. The molecule has 1 N–H and O–H groups in total. The Morgan fingerprint density at radius 1 is 1.39 bits per heavy atom. The highest BCUT2D eigenvalue weighted by Gasteiger charge is 2.09. The van der Waals surface area contributed by atoms with Crippen LogP contribution in [0.4, 0.5) is 0 Å². The molecule has 1 heterocycles. The molecule has 0 amide bonds. The molecule has 100 valence electrons. The minimum atomic E-state index is -0.846. The quantitative estimate of drug-likeness (QED) is 0.699. The standard InChI is InChI=1S/C12H18N2O4/c1-17-7-3-4-10-13-8-9(5-6-11(15)16)12(14-10)18-2/h8H,3-7H2,1-2H3,(H,15,16). The summed E-state index contributed by atoms with van der Waals surface area (Å²) >= 11 is 0. The highest BCUT2D eigenvalue weighted by atomic mass is 16.5. The Bertz CT molecular complexity index is 396. The van der Waals surface area contributed by atoms with E-state index >= 15 is 0 Å². The molecule has 1 aromatic rings. The fraction of sp³-hybridized carbons (Fsp3) is 0.583. The number of carboxylic acids is 1. The summed E-state index contributed by atoms with van der Waals surface area (Å²) in [4.78, 5) is 19.0. The van der Waals surface area contributed by atoms with E-state index in [1.165, 1.54) is 7.11 Å². The molecule has 0 aliphatic heterocycles. The summed E-state index contributed by atoms with van der Waals surface area (Å²) in [6, 6.07) is 0. The van der Waals surface area contributed by atoms with Gasteiger partial charge in [0.05, 0.1) is 7.11 Å². The number of nitrogens with zero attached hydrogens (tertiary/aromatic N) is 2. The zero-order valence-corrected chi connectivity index (χ0v) is 10.7. The average Bonchev–Trinajstić information content (AvgIpc) is 2.37. The summed E-state index contributed by atoms with van der Waals surface area (Å²) in [5.74, 6) is 0.294. The van der Waals surface area contributed by atoms with Crippen LogP contribution in [0, 0.1) is 0 Å². The number of carboxylic acid groups (broad SMARTS) is 1. The third kappa shape index (κ3) is 4.67. The van der Waals surface area contributed by atoms with E-state index in [2.05, 4.69) is 9.97 Å². The van der Waals surface area contributed by atoms with Crippen molar-refractivity contribution in [3.05, 3.63) is 17.6 Å². The first-order chi connectivity index (χ1) is 8.67. The summed E-state index contributed by atoms with van der Waals surface area (Å²) in [5, 5.41) is 8.64. The van der Waals surface area contributed by atoms with E-state index < -0.39 is 5.97 Å². The first-order valence-corrected chi connectivity index (χ1v) is 5.77.